The molecule has 1 atom stereocenters. The molecule has 15 nitrogen and oxygen atoms in total. The van der Waals surface area contributed by atoms with Crippen LogP contribution in [0.2, 0.25) is 0 Å². The normalized spacial score (nSPS) is 16.7. The first-order valence-corrected chi connectivity index (χ1v) is 14.0. The van der Waals surface area contributed by atoms with Crippen molar-refractivity contribution < 1.29 is 23.9 Å². The van der Waals surface area contributed by atoms with Crippen molar-refractivity contribution >= 4 is 34.4 Å². The van der Waals surface area contributed by atoms with Crippen molar-refractivity contribution in [2.45, 2.75) is 20.0 Å². The third-order valence-corrected chi connectivity index (χ3v) is 7.91. The Morgan fingerprint density at radius 1 is 1.02 bits per heavy atom. The summed E-state index contributed by atoms with van der Waals surface area (Å²) in [6.07, 6.45) is 2.16. The summed E-state index contributed by atoms with van der Waals surface area (Å²) in [4.78, 5) is 51.4. The molecule has 6 heterocycles. The van der Waals surface area contributed by atoms with Crippen LogP contribution < -0.4 is 4.90 Å². The van der Waals surface area contributed by atoms with Gasteiger partial charge in [0.1, 0.15) is 17.1 Å². The fourth-order valence-electron chi connectivity index (χ4n) is 5.62. The van der Waals surface area contributed by atoms with Crippen molar-refractivity contribution in [3.63, 3.8) is 0 Å². The van der Waals surface area contributed by atoms with Gasteiger partial charge in [-0.3, -0.25) is 19.5 Å². The highest BCUT2D eigenvalue weighted by atomic mass is 19.1. The lowest BCUT2D eigenvalue weighted by Crippen LogP contribution is -2.51. The van der Waals surface area contributed by atoms with Crippen molar-refractivity contribution in [3.05, 3.63) is 65.9 Å². The number of H-pyrrole nitrogens is 2. The van der Waals surface area contributed by atoms with Gasteiger partial charge in [0.05, 0.1) is 34.5 Å². The summed E-state index contributed by atoms with van der Waals surface area (Å²) in [5.41, 5.74) is 1.47. The highest BCUT2D eigenvalue weighted by molar-refractivity contribution is 6.45. The number of fused-ring (bicyclic) bond motifs is 1. The number of pyridine rings is 1. The highest BCUT2D eigenvalue weighted by Crippen LogP contribution is 2.30. The second-order valence-electron chi connectivity index (χ2n) is 10.6. The maximum absolute atomic E-state index is 15.1. The standard InChI is InChI=1S/C28H26FN11O4.CH4/c29-19-14-31-23(20-12-21(33-32-20)26(43)39-7-6-17(41)15-39)24-22(19)18(13-30-24)25(42)27(44)37-8-10-38(11-9-37)28-34-35-36-40(28)16-4-2-1-3-5-16;/h1-5,12-14,17,30,41H,6-11,15H2,(H,32,33);1H4/t17-;/m1./s1. The maximum atomic E-state index is 15.1. The molecule has 2 amide bonds. The fourth-order valence-corrected chi connectivity index (χ4v) is 5.62. The van der Waals surface area contributed by atoms with Crippen molar-refractivity contribution in [3.8, 4) is 17.1 Å². The zero-order valence-electron chi connectivity index (χ0n) is 23.2. The number of anilines is 1. The molecule has 2 saturated heterocycles. The number of rotatable bonds is 6. The second kappa shape index (κ2) is 11.9. The maximum Gasteiger partial charge on any atom is 0.295 e. The molecular weight excluding hydrogens is 585 g/mol. The average Bonchev–Trinajstić information content (AvgIpc) is 3.87. The van der Waals surface area contributed by atoms with Crippen LogP contribution >= 0.6 is 0 Å². The molecule has 4 aromatic heterocycles. The van der Waals surface area contributed by atoms with Gasteiger partial charge < -0.3 is 24.8 Å². The highest BCUT2D eigenvalue weighted by Gasteiger charge is 2.32. The molecule has 0 unspecified atom stereocenters. The number of aromatic amines is 2. The molecule has 0 aliphatic carbocycles. The number of benzene rings is 1. The minimum atomic E-state index is -0.861. The van der Waals surface area contributed by atoms with Crippen LogP contribution in [0.25, 0.3) is 28.0 Å². The Bertz CT molecular complexity index is 1880. The predicted molar refractivity (Wildman–Crippen MR) is 159 cm³/mol. The Morgan fingerprint density at radius 3 is 2.53 bits per heavy atom. The number of hydrogen-bond donors (Lipinski definition) is 3. The molecule has 2 fully saturated rings. The quantitative estimate of drug-likeness (QED) is 0.187. The number of likely N-dealkylation sites (tertiary alicyclic amines) is 1. The van der Waals surface area contributed by atoms with Crippen molar-refractivity contribution in [1.29, 1.82) is 0 Å². The van der Waals surface area contributed by atoms with Crippen LogP contribution in [0.1, 0.15) is 34.7 Å². The first-order chi connectivity index (χ1) is 21.4. The van der Waals surface area contributed by atoms with E-state index in [4.69, 9.17) is 0 Å². The summed E-state index contributed by atoms with van der Waals surface area (Å²) < 4.78 is 16.7. The Morgan fingerprint density at radius 2 is 1.80 bits per heavy atom. The van der Waals surface area contributed by atoms with E-state index in [1.54, 1.807) is 4.68 Å². The van der Waals surface area contributed by atoms with Crippen LogP contribution in [0.15, 0.2) is 48.8 Å². The molecule has 0 saturated carbocycles. The number of aliphatic hydroxyl groups excluding tert-OH is 1. The van der Waals surface area contributed by atoms with Gasteiger partial charge in [0.2, 0.25) is 5.95 Å². The van der Waals surface area contributed by atoms with Gasteiger partial charge in [0, 0.05) is 45.5 Å². The summed E-state index contributed by atoms with van der Waals surface area (Å²) in [7, 11) is 0. The van der Waals surface area contributed by atoms with Gasteiger partial charge in [-0.05, 0) is 35.0 Å². The van der Waals surface area contributed by atoms with E-state index in [-0.39, 0.29) is 66.5 Å². The number of piperazine rings is 1. The van der Waals surface area contributed by atoms with E-state index in [1.807, 2.05) is 35.2 Å². The van der Waals surface area contributed by atoms with Gasteiger partial charge in [-0.2, -0.15) is 9.78 Å². The molecule has 0 spiro atoms. The van der Waals surface area contributed by atoms with Crippen LogP contribution in [0, 0.1) is 5.82 Å². The molecule has 3 N–H and O–H groups in total. The van der Waals surface area contributed by atoms with Gasteiger partial charge in [0.15, 0.2) is 5.82 Å². The number of nitrogens with one attached hydrogen (secondary N) is 2. The number of amides is 2. The van der Waals surface area contributed by atoms with E-state index in [0.29, 0.717) is 32.0 Å². The lowest BCUT2D eigenvalue weighted by atomic mass is 10.1. The molecular formula is C29H30FN11O4. The van der Waals surface area contributed by atoms with Gasteiger partial charge in [0.25, 0.3) is 17.6 Å². The number of Topliss-reactive ketones (excluding diaryl/α,β-unsaturated/α-hetero) is 1. The lowest BCUT2D eigenvalue weighted by Gasteiger charge is -2.34. The fraction of sp³-hybridized carbons (Fsp3) is 0.310. The van der Waals surface area contributed by atoms with Crippen molar-refractivity contribution in [1.82, 2.24) is 50.2 Å². The number of carbonyl (C=O) groups excluding carboxylic acids is 3. The second-order valence-corrected chi connectivity index (χ2v) is 10.6. The van der Waals surface area contributed by atoms with Crippen LogP contribution in [0.4, 0.5) is 10.3 Å². The van der Waals surface area contributed by atoms with Gasteiger partial charge in [-0.15, -0.1) is 0 Å². The van der Waals surface area contributed by atoms with Crippen LogP contribution in [0.5, 0.6) is 0 Å². The number of aliphatic hydroxyl groups is 1. The Kier molecular flexibility index (Phi) is 7.80. The Hall–Kier alpha value is -5.51. The first kappa shape index (κ1) is 29.6. The molecule has 5 aromatic rings. The van der Waals surface area contributed by atoms with E-state index in [2.05, 4.69) is 35.7 Å². The topological polar surface area (TPSA) is 182 Å². The number of β-amino-alcohol motifs (C(OH)–C–C–N with tert-alkyl or cyclic N) is 1. The number of nitrogens with zero attached hydrogens (tertiary/aromatic N) is 9. The third kappa shape index (κ3) is 5.28. The first-order valence-electron chi connectivity index (χ1n) is 14.0. The number of tetrazole rings is 1. The molecule has 2 aliphatic rings. The zero-order chi connectivity index (χ0) is 30.4. The summed E-state index contributed by atoms with van der Waals surface area (Å²) in [6.45, 7) is 1.90. The number of para-hydroxylation sites is 1. The molecule has 2 aliphatic heterocycles. The molecule has 232 valence electrons. The molecule has 16 heteroatoms. The monoisotopic (exact) mass is 615 g/mol. The molecule has 0 bridgehead atoms. The van der Waals surface area contributed by atoms with Crippen LogP contribution in [-0.4, -0.2) is 118 Å². The smallest absolute Gasteiger partial charge is 0.295 e. The lowest BCUT2D eigenvalue weighted by molar-refractivity contribution is -0.126. The van der Waals surface area contributed by atoms with E-state index >= 15 is 4.39 Å². The van der Waals surface area contributed by atoms with Crippen LogP contribution in [0.3, 0.4) is 0 Å². The van der Waals surface area contributed by atoms with Crippen molar-refractivity contribution in [2.75, 3.05) is 44.2 Å². The minimum absolute atomic E-state index is 0. The number of hydrogen-bond acceptors (Lipinski definition) is 10. The number of ketones is 1. The van der Waals surface area contributed by atoms with Gasteiger partial charge in [-0.25, -0.2) is 9.37 Å². The molecule has 0 radical (unpaired) electrons. The largest absolute Gasteiger partial charge is 0.391 e. The van der Waals surface area contributed by atoms with Crippen LogP contribution in [-0.2, 0) is 4.79 Å². The summed E-state index contributed by atoms with van der Waals surface area (Å²) in [6, 6.07) is 10.9. The number of carbonyl (C=O) groups is 3. The minimum Gasteiger partial charge on any atom is -0.391 e. The summed E-state index contributed by atoms with van der Waals surface area (Å²) >= 11 is 0. The van der Waals surface area contributed by atoms with E-state index in [0.717, 1.165) is 11.9 Å². The third-order valence-electron chi connectivity index (χ3n) is 7.91. The predicted octanol–water partition coefficient (Wildman–Crippen LogP) is 1.44. The van der Waals surface area contributed by atoms with Gasteiger partial charge >= 0.3 is 0 Å². The Labute approximate surface area is 255 Å². The summed E-state index contributed by atoms with van der Waals surface area (Å²) in [5.74, 6) is -2.21. The van der Waals surface area contributed by atoms with E-state index in [9.17, 15) is 19.5 Å². The SMILES string of the molecule is C.O=C(C(=O)N1CCN(c2nnnn2-c2ccccc2)CC1)c1c[nH]c2c(-c3cc(C(=O)N4CC[C@@H](O)C4)[nH]n3)ncc(F)c12. The van der Waals surface area contributed by atoms with Gasteiger partial charge in [-0.1, -0.05) is 30.7 Å². The van der Waals surface area contributed by atoms with E-state index in [1.165, 1.54) is 22.1 Å². The molecule has 1 aromatic carbocycles. The number of halogens is 1. The average molecular weight is 616 g/mol. The molecule has 7 rings (SSSR count). The Balaban J connectivity index is 0.00000357. The van der Waals surface area contributed by atoms with Crippen molar-refractivity contribution in [2.24, 2.45) is 0 Å². The van der Waals surface area contributed by atoms with E-state index < -0.39 is 23.6 Å². The summed E-state index contributed by atoms with van der Waals surface area (Å²) in [5, 5.41) is 28.5. The molecule has 45 heavy (non-hydrogen) atoms. The zero-order valence-corrected chi connectivity index (χ0v) is 23.2. The number of aromatic nitrogens is 8.